The maximum atomic E-state index is 12.2. The number of amides is 1. The van der Waals surface area contributed by atoms with Crippen LogP contribution in [0, 0.1) is 17.0 Å². The molecule has 30 heavy (non-hydrogen) atoms. The number of nitrogens with one attached hydrogen (secondary N) is 1. The lowest BCUT2D eigenvalue weighted by Gasteiger charge is -2.05. The molecule has 0 aliphatic rings. The van der Waals surface area contributed by atoms with Crippen LogP contribution in [0.1, 0.15) is 31.8 Å². The zero-order valence-corrected chi connectivity index (χ0v) is 15.9. The van der Waals surface area contributed by atoms with Crippen molar-refractivity contribution in [1.82, 2.24) is 5.43 Å². The van der Waals surface area contributed by atoms with E-state index in [1.807, 2.05) is 13.0 Å². The van der Waals surface area contributed by atoms with E-state index in [0.29, 0.717) is 16.9 Å². The van der Waals surface area contributed by atoms with Crippen LogP contribution in [0.15, 0.2) is 77.9 Å². The van der Waals surface area contributed by atoms with Crippen LogP contribution in [-0.4, -0.2) is 23.0 Å². The minimum absolute atomic E-state index is 0.0851. The Bertz CT molecular complexity index is 1120. The summed E-state index contributed by atoms with van der Waals surface area (Å²) in [5.74, 6) is -0.790. The van der Waals surface area contributed by atoms with Crippen molar-refractivity contribution in [2.75, 3.05) is 0 Å². The molecule has 0 saturated carbocycles. The molecule has 150 valence electrons. The Balaban J connectivity index is 1.60. The van der Waals surface area contributed by atoms with Crippen molar-refractivity contribution < 1.29 is 19.2 Å². The Labute approximate surface area is 172 Å². The van der Waals surface area contributed by atoms with E-state index in [1.54, 1.807) is 42.5 Å². The van der Waals surface area contributed by atoms with Crippen molar-refractivity contribution in [3.05, 3.63) is 105 Å². The summed E-state index contributed by atoms with van der Waals surface area (Å²) in [6.45, 7) is 1.89. The number of nitro benzene ring substituents is 1. The fraction of sp³-hybridized carbons (Fsp3) is 0.0455. The number of hydrazone groups is 1. The number of esters is 1. The number of carbonyl (C=O) groups is 2. The molecule has 8 heteroatoms. The Morgan fingerprint density at radius 1 is 1.03 bits per heavy atom. The standard InChI is InChI=1S/C22H17N3O5/c1-15-5-4-6-17(13-15)22(27)30-18-11-9-16(10-12-18)14-23-24-21(26)19-7-2-3-8-20(19)25(28)29/h2-14H,1H3,(H,24,26)/b23-14+. The van der Waals surface area contributed by atoms with Gasteiger partial charge in [-0.05, 0) is 55.0 Å². The lowest BCUT2D eigenvalue weighted by Crippen LogP contribution is -2.18. The number of para-hydroxylation sites is 1. The van der Waals surface area contributed by atoms with Gasteiger partial charge in [-0.1, -0.05) is 29.8 Å². The predicted molar refractivity (Wildman–Crippen MR) is 111 cm³/mol. The van der Waals surface area contributed by atoms with E-state index in [-0.39, 0.29) is 11.3 Å². The van der Waals surface area contributed by atoms with Gasteiger partial charge in [0, 0.05) is 6.07 Å². The molecule has 1 amide bonds. The highest BCUT2D eigenvalue weighted by Crippen LogP contribution is 2.17. The van der Waals surface area contributed by atoms with Gasteiger partial charge in [-0.3, -0.25) is 14.9 Å². The average molecular weight is 403 g/mol. The number of hydrogen-bond acceptors (Lipinski definition) is 6. The lowest BCUT2D eigenvalue weighted by atomic mass is 10.1. The monoisotopic (exact) mass is 403 g/mol. The maximum Gasteiger partial charge on any atom is 0.343 e. The van der Waals surface area contributed by atoms with Gasteiger partial charge in [0.15, 0.2) is 0 Å². The minimum Gasteiger partial charge on any atom is -0.423 e. The molecule has 0 saturated heterocycles. The van der Waals surface area contributed by atoms with Crippen LogP contribution in [-0.2, 0) is 0 Å². The summed E-state index contributed by atoms with van der Waals surface area (Å²) in [6.07, 6.45) is 1.37. The minimum atomic E-state index is -0.692. The summed E-state index contributed by atoms with van der Waals surface area (Å²) >= 11 is 0. The molecule has 0 heterocycles. The van der Waals surface area contributed by atoms with Crippen LogP contribution in [0.25, 0.3) is 0 Å². The largest absolute Gasteiger partial charge is 0.423 e. The molecule has 3 rings (SSSR count). The normalized spacial score (nSPS) is 10.6. The number of hydrogen-bond donors (Lipinski definition) is 1. The SMILES string of the molecule is Cc1cccc(C(=O)Oc2ccc(/C=N/NC(=O)c3ccccc3[N+](=O)[O-])cc2)c1. The van der Waals surface area contributed by atoms with Gasteiger partial charge >= 0.3 is 5.97 Å². The van der Waals surface area contributed by atoms with Crippen molar-refractivity contribution in [3.63, 3.8) is 0 Å². The molecule has 0 radical (unpaired) electrons. The van der Waals surface area contributed by atoms with Crippen LogP contribution in [0.3, 0.4) is 0 Å². The van der Waals surface area contributed by atoms with Crippen LogP contribution in [0.5, 0.6) is 5.75 Å². The van der Waals surface area contributed by atoms with Gasteiger partial charge in [0.05, 0.1) is 16.7 Å². The molecule has 3 aromatic carbocycles. The Morgan fingerprint density at radius 2 is 1.77 bits per heavy atom. The van der Waals surface area contributed by atoms with E-state index in [9.17, 15) is 19.7 Å². The van der Waals surface area contributed by atoms with Crippen molar-refractivity contribution in [2.24, 2.45) is 5.10 Å². The van der Waals surface area contributed by atoms with Gasteiger partial charge in [0.1, 0.15) is 11.3 Å². The summed E-state index contributed by atoms with van der Waals surface area (Å²) in [4.78, 5) is 34.6. The number of nitrogens with zero attached hydrogens (tertiary/aromatic N) is 2. The second-order valence-electron chi connectivity index (χ2n) is 6.30. The first kappa shape index (κ1) is 20.4. The van der Waals surface area contributed by atoms with Crippen LogP contribution in [0.4, 0.5) is 5.69 Å². The summed E-state index contributed by atoms with van der Waals surface area (Å²) in [5, 5.41) is 14.8. The second-order valence-corrected chi connectivity index (χ2v) is 6.30. The van der Waals surface area contributed by atoms with Gasteiger partial charge in [-0.2, -0.15) is 5.10 Å². The average Bonchev–Trinajstić information content (AvgIpc) is 2.74. The molecule has 0 bridgehead atoms. The van der Waals surface area contributed by atoms with Crippen molar-refractivity contribution in [3.8, 4) is 5.75 Å². The first-order chi connectivity index (χ1) is 14.4. The highest BCUT2D eigenvalue weighted by molar-refractivity contribution is 5.98. The van der Waals surface area contributed by atoms with Crippen molar-refractivity contribution in [1.29, 1.82) is 0 Å². The Morgan fingerprint density at radius 3 is 2.47 bits per heavy atom. The summed E-state index contributed by atoms with van der Waals surface area (Å²) in [7, 11) is 0. The maximum absolute atomic E-state index is 12.2. The number of rotatable bonds is 6. The number of ether oxygens (including phenoxy) is 1. The second kappa shape index (κ2) is 9.24. The quantitative estimate of drug-likeness (QED) is 0.221. The first-order valence-electron chi connectivity index (χ1n) is 8.90. The highest BCUT2D eigenvalue weighted by atomic mass is 16.6. The van der Waals surface area contributed by atoms with Crippen molar-refractivity contribution in [2.45, 2.75) is 6.92 Å². The predicted octanol–water partition coefficient (Wildman–Crippen LogP) is 3.89. The van der Waals surface area contributed by atoms with Gasteiger partial charge in [0.2, 0.25) is 0 Å². The molecule has 8 nitrogen and oxygen atoms in total. The lowest BCUT2D eigenvalue weighted by molar-refractivity contribution is -0.385. The number of benzene rings is 3. The fourth-order valence-electron chi connectivity index (χ4n) is 2.61. The molecule has 0 aromatic heterocycles. The van der Waals surface area contributed by atoms with Crippen LogP contribution >= 0.6 is 0 Å². The van der Waals surface area contributed by atoms with Crippen LogP contribution < -0.4 is 10.2 Å². The third kappa shape index (κ3) is 5.14. The molecule has 0 aliphatic carbocycles. The van der Waals surface area contributed by atoms with Crippen LogP contribution in [0.2, 0.25) is 0 Å². The topological polar surface area (TPSA) is 111 Å². The smallest absolute Gasteiger partial charge is 0.343 e. The Hall–Kier alpha value is -4.33. The number of aryl methyl sites for hydroxylation is 1. The fourth-order valence-corrected chi connectivity index (χ4v) is 2.61. The van der Waals surface area contributed by atoms with E-state index >= 15 is 0 Å². The molecular weight excluding hydrogens is 386 g/mol. The van der Waals surface area contributed by atoms with Gasteiger partial charge < -0.3 is 4.74 Å². The molecule has 0 fully saturated rings. The molecule has 1 N–H and O–H groups in total. The van der Waals surface area contributed by atoms with Gasteiger partial charge in [-0.15, -0.1) is 0 Å². The zero-order chi connectivity index (χ0) is 21.5. The molecule has 0 aliphatic heterocycles. The molecule has 0 spiro atoms. The molecule has 0 atom stereocenters. The van der Waals surface area contributed by atoms with E-state index in [1.165, 1.54) is 30.5 Å². The van der Waals surface area contributed by atoms with Crippen molar-refractivity contribution >= 4 is 23.8 Å². The molecular formula is C22H17N3O5. The number of carbonyl (C=O) groups excluding carboxylic acids is 2. The van der Waals surface area contributed by atoms with E-state index < -0.39 is 16.8 Å². The molecule has 3 aromatic rings. The summed E-state index contributed by atoms with van der Waals surface area (Å²) in [6, 6.07) is 19.2. The van der Waals surface area contributed by atoms with E-state index in [2.05, 4.69) is 10.5 Å². The number of nitro groups is 1. The third-order valence-corrected chi connectivity index (χ3v) is 4.07. The first-order valence-corrected chi connectivity index (χ1v) is 8.90. The van der Waals surface area contributed by atoms with E-state index in [4.69, 9.17) is 4.74 Å². The molecule has 0 unspecified atom stereocenters. The zero-order valence-electron chi connectivity index (χ0n) is 15.9. The Kier molecular flexibility index (Phi) is 6.29. The third-order valence-electron chi connectivity index (χ3n) is 4.07. The highest BCUT2D eigenvalue weighted by Gasteiger charge is 2.18. The van der Waals surface area contributed by atoms with E-state index in [0.717, 1.165) is 5.56 Å². The summed E-state index contributed by atoms with van der Waals surface area (Å²) < 4.78 is 5.33. The van der Waals surface area contributed by atoms with Gasteiger partial charge in [-0.25, -0.2) is 10.2 Å². The van der Waals surface area contributed by atoms with Gasteiger partial charge in [0.25, 0.3) is 11.6 Å². The summed E-state index contributed by atoms with van der Waals surface area (Å²) in [5.41, 5.74) is 3.92.